The van der Waals surface area contributed by atoms with Gasteiger partial charge in [0.1, 0.15) is 23.0 Å². The van der Waals surface area contributed by atoms with Crippen molar-refractivity contribution in [2.24, 2.45) is 10.2 Å². The average molecular weight is 1890 g/mol. The predicted octanol–water partition coefficient (Wildman–Crippen LogP) is 39.9. The highest BCUT2D eigenvalue weighted by Gasteiger charge is 2.11. The molecule has 0 heterocycles. The van der Waals surface area contributed by atoms with Gasteiger partial charge in [-0.2, -0.15) is 10.2 Å². The van der Waals surface area contributed by atoms with E-state index in [0.29, 0.717) is 0 Å². The first-order valence-electron chi connectivity index (χ1n) is 50.6. The molecule has 19 aromatic carbocycles. The van der Waals surface area contributed by atoms with E-state index in [0.717, 1.165) is 59.2 Å². The normalized spacial score (nSPS) is 10.5. The molecule has 0 aliphatic rings. The van der Waals surface area contributed by atoms with E-state index < -0.39 is 0 Å². The van der Waals surface area contributed by atoms with Gasteiger partial charge in [-0.1, -0.05) is 399 Å². The van der Waals surface area contributed by atoms with Gasteiger partial charge in [0, 0.05) is 0 Å². The van der Waals surface area contributed by atoms with E-state index in [2.05, 4.69) is 513 Å². The van der Waals surface area contributed by atoms with Crippen molar-refractivity contribution in [3.63, 3.8) is 0 Å². The lowest BCUT2D eigenvalue weighted by Gasteiger charge is -2.11. The lowest BCUT2D eigenvalue weighted by atomic mass is 9.93. The fourth-order valence-corrected chi connectivity index (χ4v) is 17.3. The van der Waals surface area contributed by atoms with Crippen LogP contribution in [0.15, 0.2) is 392 Å². The van der Waals surface area contributed by atoms with Crippen molar-refractivity contribution in [3.05, 3.63) is 566 Å². The van der Waals surface area contributed by atoms with Crippen molar-refractivity contribution < 1.29 is 9.47 Å². The maximum atomic E-state index is 5.82. The zero-order chi connectivity index (χ0) is 104. The summed E-state index contributed by atoms with van der Waals surface area (Å²) in [5.41, 5.74) is 50.8. The second-order valence-corrected chi connectivity index (χ2v) is 39.8. The number of nitrogens with zero attached hydrogens (tertiary/aromatic N) is 2. The molecule has 0 unspecified atom stereocenters. The molecule has 4 nitrogen and oxygen atoms in total. The molecule has 144 heavy (non-hydrogen) atoms. The van der Waals surface area contributed by atoms with Crippen LogP contribution in [0.25, 0.3) is 43.8 Å². The van der Waals surface area contributed by atoms with Gasteiger partial charge in [0.15, 0.2) is 0 Å². The van der Waals surface area contributed by atoms with Crippen LogP contribution < -0.4 is 9.47 Å². The average Bonchev–Trinajstić information content (AvgIpc) is 0.763. The van der Waals surface area contributed by atoms with Crippen molar-refractivity contribution in [1.29, 1.82) is 0 Å². The first kappa shape index (κ1) is 109. The van der Waals surface area contributed by atoms with E-state index in [1.165, 1.54) is 222 Å². The molecule has 0 N–H and O–H groups in total. The van der Waals surface area contributed by atoms with Gasteiger partial charge in [-0.15, -0.1) is 0 Å². The van der Waals surface area contributed by atoms with Gasteiger partial charge in [-0.05, 0) is 417 Å². The van der Waals surface area contributed by atoms with Crippen LogP contribution in [0, 0.1) is 187 Å². The molecule has 0 bridgehead atoms. The lowest BCUT2D eigenvalue weighted by Crippen LogP contribution is -1.91. The SMILES string of the molecule is Cc1ccc(-c2ccc(C)c(C)c2)cc1.Cc1ccc(-c2ccc(C)cc2C)cc1.Cc1ccc(Cc2cc(C)cc(C)c2)cc1.Cc1ccc(N=Nc2ccc(C)cc2C)cc1.Cc1ccc(Oc2ccc(C)c(C)c2)cc1.Cc1ccc(Oc2ccc(C)cc2C)cc1.Cc1cccc(Cc2cc(C)cc(C)c2)c1.Cc1cccc(Cc2ccc(C)c(C)c2)c1.Cc1cccc2c(C)c3cccc(C)c3cc12. The van der Waals surface area contributed by atoms with E-state index in [4.69, 9.17) is 9.47 Å². The van der Waals surface area contributed by atoms with E-state index in [9.17, 15) is 0 Å². The number of rotatable bonds is 14. The molecule has 0 amide bonds. The fourth-order valence-electron chi connectivity index (χ4n) is 17.3. The minimum absolute atomic E-state index is 0.883. The molecule has 19 aromatic rings. The first-order valence-corrected chi connectivity index (χ1v) is 50.6. The topological polar surface area (TPSA) is 43.2 Å². The minimum Gasteiger partial charge on any atom is -0.457 e. The highest BCUT2D eigenvalue weighted by Crippen LogP contribution is 2.34. The molecular formula is C140H150N2O2. The third kappa shape index (κ3) is 35.0. The Kier molecular flexibility index (Phi) is 40.7. The van der Waals surface area contributed by atoms with Crippen molar-refractivity contribution in [1.82, 2.24) is 0 Å². The van der Waals surface area contributed by atoms with Crippen LogP contribution in [0.3, 0.4) is 0 Å². The maximum absolute atomic E-state index is 5.82. The van der Waals surface area contributed by atoms with Crippen LogP contribution in [-0.4, -0.2) is 0 Å². The van der Waals surface area contributed by atoms with Crippen LogP contribution in [-0.2, 0) is 19.3 Å². The van der Waals surface area contributed by atoms with Crippen LogP contribution in [0.5, 0.6) is 23.0 Å². The monoisotopic (exact) mass is 1890 g/mol. The predicted molar refractivity (Wildman–Crippen MR) is 623 cm³/mol. The van der Waals surface area contributed by atoms with E-state index in [1.807, 2.05) is 66.7 Å². The largest absolute Gasteiger partial charge is 0.457 e. The van der Waals surface area contributed by atoms with E-state index in [1.54, 1.807) is 0 Å². The molecule has 0 aliphatic heterocycles. The van der Waals surface area contributed by atoms with Crippen LogP contribution in [0.4, 0.5) is 11.4 Å². The summed E-state index contributed by atoms with van der Waals surface area (Å²) in [5.74, 6) is 3.59. The highest BCUT2D eigenvalue weighted by atomic mass is 16.5. The van der Waals surface area contributed by atoms with Crippen LogP contribution in [0.1, 0.15) is 184 Å². The number of fused-ring (bicyclic) bond motifs is 2. The summed E-state index contributed by atoms with van der Waals surface area (Å²) >= 11 is 0. The van der Waals surface area contributed by atoms with Gasteiger partial charge in [0.25, 0.3) is 0 Å². The molecule has 4 heteroatoms. The van der Waals surface area contributed by atoms with Crippen molar-refractivity contribution in [3.8, 4) is 45.3 Å². The second-order valence-electron chi connectivity index (χ2n) is 39.8. The summed E-state index contributed by atoms with van der Waals surface area (Å²) in [6, 6.07) is 135. The maximum Gasteiger partial charge on any atom is 0.130 e. The van der Waals surface area contributed by atoms with Gasteiger partial charge in [0.2, 0.25) is 0 Å². The van der Waals surface area contributed by atoms with Crippen LogP contribution >= 0.6 is 0 Å². The summed E-state index contributed by atoms with van der Waals surface area (Å²) in [5, 5.41) is 14.0. The standard InChI is InChI=1S/C17H16.3C16H18.C15H16N2.2C15H16O.2C15H16/c1-11-6-4-8-14-13(3)15-9-5-7-12(2)17(15)10-16(11)14;1-12-4-6-15(7-5-12)11-16-9-13(2)8-14(3)10-16;1-12-5-4-6-15(8-12)11-16-9-13(2)7-14(3)10-16;1-12-5-4-6-15(9-12)11-16-8-7-13(2)14(3)10-16;1-11-4-7-14(8-5-11)16-17-15-9-6-12(2)10-13(15)3;1-11-4-7-14(8-5-11)16-15-9-6-12(2)13(3)10-15;1-11-4-7-14(8-5-11)16-15-9-6-12(2)10-13(15)3;1-11-4-7-14(8-5-11)15-9-6-12(2)13(3)10-15;1-11-4-7-14(8-5-11)15-9-6-12(2)10-13(15)3/h4-10H,1-3H3;3*4-10H,11H2,1-3H3;4-10H,1-3H3;2*4-10H,1-3H3;2*4-10H,1-3H3. The first-order chi connectivity index (χ1) is 68.9. The van der Waals surface area contributed by atoms with E-state index >= 15 is 0 Å². The molecule has 0 saturated heterocycles. The molecule has 0 saturated carbocycles. The quantitative estimate of drug-likeness (QED) is 0.0804. The van der Waals surface area contributed by atoms with Gasteiger partial charge >= 0.3 is 0 Å². The molecule has 19 rings (SSSR count). The lowest BCUT2D eigenvalue weighted by molar-refractivity contribution is 0.478. The Hall–Kier alpha value is -15.1. The summed E-state index contributed by atoms with van der Waals surface area (Å²) in [7, 11) is 0. The minimum atomic E-state index is 0.883. The third-order valence-corrected chi connectivity index (χ3v) is 26.0. The summed E-state index contributed by atoms with van der Waals surface area (Å²) in [4.78, 5) is 0. The molecule has 0 atom stereocenters. The van der Waals surface area contributed by atoms with Gasteiger partial charge in [-0.3, -0.25) is 0 Å². The third-order valence-electron chi connectivity index (χ3n) is 26.0. The Morgan fingerprint density at radius 3 is 0.972 bits per heavy atom. The number of benzene rings is 19. The number of hydrogen-bond donors (Lipinski definition) is 0. The van der Waals surface area contributed by atoms with Gasteiger partial charge in [-0.25, -0.2) is 0 Å². The smallest absolute Gasteiger partial charge is 0.130 e. The second kappa shape index (κ2) is 53.7. The Balaban J connectivity index is 0.000000154. The Bertz CT molecular complexity index is 7360. The molecule has 0 fully saturated rings. The zero-order valence-electron chi connectivity index (χ0n) is 90.7. The molecule has 0 aliphatic carbocycles. The summed E-state index contributed by atoms with van der Waals surface area (Å²) in [6.07, 6.45) is 3.09. The number of azo groups is 1. The molecular weight excluding hydrogens is 1740 g/mol. The Morgan fingerprint density at radius 1 is 0.167 bits per heavy atom. The number of hydrogen-bond acceptors (Lipinski definition) is 4. The highest BCUT2D eigenvalue weighted by molar-refractivity contribution is 6.04. The van der Waals surface area contributed by atoms with Crippen molar-refractivity contribution >= 4 is 32.9 Å². The number of aryl methyl sites for hydroxylation is 27. The summed E-state index contributed by atoms with van der Waals surface area (Å²) < 4.78 is 11.6. The molecule has 0 spiro atoms. The molecule has 0 radical (unpaired) electrons. The zero-order valence-corrected chi connectivity index (χ0v) is 90.7. The van der Waals surface area contributed by atoms with Crippen LogP contribution in [0.2, 0.25) is 0 Å². The molecule has 0 aromatic heterocycles. The van der Waals surface area contributed by atoms with Crippen molar-refractivity contribution in [2.45, 2.75) is 206 Å². The van der Waals surface area contributed by atoms with Gasteiger partial charge < -0.3 is 9.47 Å². The Labute approximate surface area is 863 Å². The summed E-state index contributed by atoms with van der Waals surface area (Å²) in [6.45, 7) is 57.5. The Morgan fingerprint density at radius 2 is 0.514 bits per heavy atom. The van der Waals surface area contributed by atoms with Crippen molar-refractivity contribution in [2.75, 3.05) is 0 Å². The van der Waals surface area contributed by atoms with E-state index in [-0.39, 0.29) is 0 Å². The number of ether oxygens (including phenoxy) is 2. The fraction of sp³-hybridized carbons (Fsp3) is 0.214. The van der Waals surface area contributed by atoms with Gasteiger partial charge in [0.05, 0.1) is 11.4 Å². The molecule has 732 valence electrons.